The van der Waals surface area contributed by atoms with Gasteiger partial charge in [-0.05, 0) is 29.7 Å². The largest absolute Gasteiger partial charge is 0.497 e. The van der Waals surface area contributed by atoms with E-state index < -0.39 is 6.43 Å². The number of rotatable bonds is 6. The van der Waals surface area contributed by atoms with Gasteiger partial charge in [0.1, 0.15) is 12.3 Å². The molecule has 0 unspecified atom stereocenters. The standard InChI is InChI=1S/C18H21F2N3O/c1-24-17-4-2-3-16(9-17)15-5-7-22(8-6-15)11-14-10-21-23(12-14)13-18(19)20/h2-5,9-10,12,18H,6-8,11,13H2,1H3. The van der Waals surface area contributed by atoms with Crippen LogP contribution in [0.15, 0.2) is 42.7 Å². The summed E-state index contributed by atoms with van der Waals surface area (Å²) < 4.78 is 31.3. The Morgan fingerprint density at radius 3 is 2.92 bits per heavy atom. The van der Waals surface area contributed by atoms with Crippen LogP contribution in [-0.4, -0.2) is 41.3 Å². The Labute approximate surface area is 140 Å². The van der Waals surface area contributed by atoms with Crippen molar-refractivity contribution in [2.75, 3.05) is 20.2 Å². The van der Waals surface area contributed by atoms with Gasteiger partial charge in [0.2, 0.25) is 0 Å². The summed E-state index contributed by atoms with van der Waals surface area (Å²) in [7, 11) is 1.67. The third-order valence-corrected chi connectivity index (χ3v) is 4.15. The van der Waals surface area contributed by atoms with E-state index in [1.54, 1.807) is 19.5 Å². The quantitative estimate of drug-likeness (QED) is 0.811. The molecule has 0 amide bonds. The van der Waals surface area contributed by atoms with Crippen LogP contribution in [-0.2, 0) is 13.1 Å². The fraction of sp³-hybridized carbons (Fsp3) is 0.389. The molecule has 4 nitrogen and oxygen atoms in total. The maximum Gasteiger partial charge on any atom is 0.257 e. The monoisotopic (exact) mass is 333 g/mol. The highest BCUT2D eigenvalue weighted by atomic mass is 19.3. The molecule has 0 fully saturated rings. The van der Waals surface area contributed by atoms with Crippen LogP contribution >= 0.6 is 0 Å². The molecule has 3 rings (SSSR count). The molecule has 0 saturated carbocycles. The lowest BCUT2D eigenvalue weighted by Gasteiger charge is -2.26. The Bertz CT molecular complexity index is 712. The van der Waals surface area contributed by atoms with Gasteiger partial charge in [0, 0.05) is 31.4 Å². The summed E-state index contributed by atoms with van der Waals surface area (Å²) in [5.41, 5.74) is 3.48. The zero-order valence-electron chi connectivity index (χ0n) is 13.7. The molecule has 0 spiro atoms. The van der Waals surface area contributed by atoms with Crippen LogP contribution in [0.1, 0.15) is 17.5 Å². The molecule has 0 saturated heterocycles. The first-order valence-corrected chi connectivity index (χ1v) is 7.99. The number of alkyl halides is 2. The van der Waals surface area contributed by atoms with Crippen molar-refractivity contribution in [1.82, 2.24) is 14.7 Å². The maximum atomic E-state index is 12.4. The van der Waals surface area contributed by atoms with Crippen LogP contribution < -0.4 is 4.74 Å². The molecule has 2 heterocycles. The minimum absolute atomic E-state index is 0.347. The van der Waals surface area contributed by atoms with Gasteiger partial charge in [0.05, 0.1) is 13.3 Å². The number of hydrogen-bond acceptors (Lipinski definition) is 3. The number of methoxy groups -OCH3 is 1. The van der Waals surface area contributed by atoms with Crippen molar-refractivity contribution in [2.45, 2.75) is 25.9 Å². The van der Waals surface area contributed by atoms with Crippen LogP contribution in [0.4, 0.5) is 8.78 Å². The van der Waals surface area contributed by atoms with Gasteiger partial charge in [0.25, 0.3) is 6.43 Å². The minimum atomic E-state index is -2.37. The van der Waals surface area contributed by atoms with Gasteiger partial charge in [-0.1, -0.05) is 18.2 Å². The van der Waals surface area contributed by atoms with Crippen molar-refractivity contribution in [3.8, 4) is 5.75 Å². The van der Waals surface area contributed by atoms with Crippen molar-refractivity contribution in [1.29, 1.82) is 0 Å². The summed E-state index contributed by atoms with van der Waals surface area (Å²) in [6.07, 6.45) is 4.18. The number of halogens is 2. The predicted octanol–water partition coefficient (Wildman–Crippen LogP) is 3.45. The topological polar surface area (TPSA) is 30.3 Å². The Morgan fingerprint density at radius 1 is 1.33 bits per heavy atom. The number of benzene rings is 1. The molecule has 1 aliphatic heterocycles. The van der Waals surface area contributed by atoms with Crippen LogP contribution in [0.5, 0.6) is 5.75 Å². The van der Waals surface area contributed by atoms with Crippen LogP contribution in [0.3, 0.4) is 0 Å². The zero-order valence-corrected chi connectivity index (χ0v) is 13.7. The smallest absolute Gasteiger partial charge is 0.257 e. The number of hydrogen-bond donors (Lipinski definition) is 0. The summed E-state index contributed by atoms with van der Waals surface area (Å²) >= 11 is 0. The molecule has 0 bridgehead atoms. The predicted molar refractivity (Wildman–Crippen MR) is 89.1 cm³/mol. The molecule has 0 radical (unpaired) electrons. The normalized spacial score (nSPS) is 15.6. The van der Waals surface area contributed by atoms with E-state index in [9.17, 15) is 8.78 Å². The third kappa shape index (κ3) is 4.20. The van der Waals surface area contributed by atoms with Crippen molar-refractivity contribution in [3.05, 3.63) is 53.9 Å². The van der Waals surface area contributed by atoms with E-state index in [1.165, 1.54) is 15.8 Å². The van der Waals surface area contributed by atoms with E-state index in [0.717, 1.165) is 37.4 Å². The highest BCUT2D eigenvalue weighted by Crippen LogP contribution is 2.25. The van der Waals surface area contributed by atoms with Crippen LogP contribution in [0.2, 0.25) is 0 Å². The Morgan fingerprint density at radius 2 is 2.21 bits per heavy atom. The van der Waals surface area contributed by atoms with Gasteiger partial charge in [-0.3, -0.25) is 9.58 Å². The Kier molecular flexibility index (Phi) is 5.25. The second kappa shape index (κ2) is 7.57. The average molecular weight is 333 g/mol. The van der Waals surface area contributed by atoms with Gasteiger partial charge in [-0.25, -0.2) is 8.78 Å². The van der Waals surface area contributed by atoms with E-state index in [0.29, 0.717) is 0 Å². The molecule has 1 aromatic heterocycles. The first-order valence-electron chi connectivity index (χ1n) is 7.99. The van der Waals surface area contributed by atoms with Crippen molar-refractivity contribution in [2.24, 2.45) is 0 Å². The van der Waals surface area contributed by atoms with Gasteiger partial charge >= 0.3 is 0 Å². The molecule has 0 atom stereocenters. The first kappa shape index (κ1) is 16.6. The molecule has 0 N–H and O–H groups in total. The fourth-order valence-corrected chi connectivity index (χ4v) is 2.93. The van der Waals surface area contributed by atoms with Gasteiger partial charge in [0.15, 0.2) is 0 Å². The third-order valence-electron chi connectivity index (χ3n) is 4.15. The lowest BCUT2D eigenvalue weighted by molar-refractivity contribution is 0.122. The van der Waals surface area contributed by atoms with Crippen molar-refractivity contribution >= 4 is 5.57 Å². The minimum Gasteiger partial charge on any atom is -0.497 e. The van der Waals surface area contributed by atoms with Crippen LogP contribution in [0.25, 0.3) is 5.57 Å². The van der Waals surface area contributed by atoms with Crippen LogP contribution in [0, 0.1) is 0 Å². The summed E-state index contributed by atoms with van der Waals surface area (Å²) in [6.45, 7) is 2.15. The zero-order chi connectivity index (χ0) is 16.9. The van der Waals surface area contributed by atoms with Gasteiger partial charge < -0.3 is 4.74 Å². The lowest BCUT2D eigenvalue weighted by Crippen LogP contribution is -2.27. The molecule has 0 aliphatic carbocycles. The highest BCUT2D eigenvalue weighted by Gasteiger charge is 2.15. The Hall–Kier alpha value is -2.21. The molecule has 128 valence electrons. The summed E-state index contributed by atoms with van der Waals surface area (Å²) in [5.74, 6) is 0.863. The molecular weight excluding hydrogens is 312 g/mol. The molecular formula is C18H21F2N3O. The maximum absolute atomic E-state index is 12.4. The summed E-state index contributed by atoms with van der Waals surface area (Å²) in [5, 5.41) is 3.98. The molecule has 24 heavy (non-hydrogen) atoms. The first-order chi connectivity index (χ1) is 11.6. The second-order valence-electron chi connectivity index (χ2n) is 5.91. The second-order valence-corrected chi connectivity index (χ2v) is 5.91. The number of nitrogens with zero attached hydrogens (tertiary/aromatic N) is 3. The lowest BCUT2D eigenvalue weighted by atomic mass is 9.99. The SMILES string of the molecule is COc1cccc(C2=CCN(Cc3cnn(CC(F)F)c3)CC2)c1. The molecule has 1 aromatic carbocycles. The van der Waals surface area contributed by atoms with Gasteiger partial charge in [-0.2, -0.15) is 5.10 Å². The summed E-state index contributed by atoms with van der Waals surface area (Å²) in [4.78, 5) is 2.29. The van der Waals surface area contributed by atoms with Crippen molar-refractivity contribution < 1.29 is 13.5 Å². The number of ether oxygens (including phenoxy) is 1. The van der Waals surface area contributed by atoms with Gasteiger partial charge in [-0.15, -0.1) is 0 Å². The molecule has 1 aliphatic rings. The van der Waals surface area contributed by atoms with E-state index in [4.69, 9.17) is 4.74 Å². The molecule has 6 heteroatoms. The average Bonchev–Trinajstić information content (AvgIpc) is 3.01. The highest BCUT2D eigenvalue weighted by molar-refractivity contribution is 5.67. The number of aromatic nitrogens is 2. The van der Waals surface area contributed by atoms with E-state index in [-0.39, 0.29) is 6.54 Å². The Balaban J connectivity index is 1.59. The fourth-order valence-electron chi connectivity index (χ4n) is 2.93. The molecule has 2 aromatic rings. The van der Waals surface area contributed by atoms with E-state index in [2.05, 4.69) is 28.2 Å². The van der Waals surface area contributed by atoms with E-state index >= 15 is 0 Å². The summed E-state index contributed by atoms with van der Waals surface area (Å²) in [6, 6.07) is 8.09. The van der Waals surface area contributed by atoms with Crippen molar-refractivity contribution in [3.63, 3.8) is 0 Å². The van der Waals surface area contributed by atoms with E-state index in [1.807, 2.05) is 12.1 Å².